The number of aromatic nitrogens is 3. The number of amides is 1. The van der Waals surface area contributed by atoms with Gasteiger partial charge in [0.1, 0.15) is 11.4 Å². The summed E-state index contributed by atoms with van der Waals surface area (Å²) in [5.41, 5.74) is 7.55. The summed E-state index contributed by atoms with van der Waals surface area (Å²) >= 11 is 5.97. The topological polar surface area (TPSA) is 112 Å². The van der Waals surface area contributed by atoms with Crippen LogP contribution in [0.3, 0.4) is 0 Å². The normalized spacial score (nSPS) is 11.9. The van der Waals surface area contributed by atoms with E-state index < -0.39 is 5.91 Å². The molecular weight excluding hydrogens is 328 g/mol. The van der Waals surface area contributed by atoms with E-state index in [4.69, 9.17) is 17.3 Å². The van der Waals surface area contributed by atoms with Gasteiger partial charge in [0.05, 0.1) is 6.04 Å². The minimum absolute atomic E-state index is 0.0448. The smallest absolute Gasteiger partial charge is 0.256 e. The van der Waals surface area contributed by atoms with Gasteiger partial charge in [-0.1, -0.05) is 17.7 Å². The van der Waals surface area contributed by atoms with Crippen molar-refractivity contribution in [2.45, 2.75) is 13.0 Å². The molecular formula is C16H17ClN6O. The first kappa shape index (κ1) is 15.9. The van der Waals surface area contributed by atoms with Crippen LogP contribution in [0.25, 0.3) is 0 Å². The third kappa shape index (κ3) is 3.36. The van der Waals surface area contributed by atoms with Crippen LogP contribution in [-0.2, 0) is 0 Å². The average Bonchev–Trinajstić information content (AvgIpc) is 3.17. The van der Waals surface area contributed by atoms with E-state index in [-0.39, 0.29) is 11.6 Å². The van der Waals surface area contributed by atoms with Crippen LogP contribution in [0.1, 0.15) is 28.9 Å². The molecule has 0 fully saturated rings. The highest BCUT2D eigenvalue weighted by atomic mass is 35.5. The molecule has 0 spiro atoms. The summed E-state index contributed by atoms with van der Waals surface area (Å²) in [6.07, 6.45) is 3.71. The molecule has 1 atom stereocenters. The van der Waals surface area contributed by atoms with Crippen LogP contribution in [0.2, 0.25) is 5.02 Å². The van der Waals surface area contributed by atoms with Crippen molar-refractivity contribution < 1.29 is 4.79 Å². The van der Waals surface area contributed by atoms with Gasteiger partial charge in [-0.15, -0.1) is 0 Å². The zero-order valence-electron chi connectivity index (χ0n) is 12.9. The zero-order chi connectivity index (χ0) is 17.1. The van der Waals surface area contributed by atoms with Gasteiger partial charge >= 0.3 is 0 Å². The molecule has 124 valence electrons. The second-order valence-corrected chi connectivity index (χ2v) is 5.77. The van der Waals surface area contributed by atoms with Gasteiger partial charge < -0.3 is 21.4 Å². The maximum absolute atomic E-state index is 11.9. The molecule has 0 aliphatic carbocycles. The first-order valence-corrected chi connectivity index (χ1v) is 7.72. The minimum atomic E-state index is -0.586. The monoisotopic (exact) mass is 344 g/mol. The number of hydrogen-bond donors (Lipinski definition) is 5. The lowest BCUT2D eigenvalue weighted by Crippen LogP contribution is -2.16. The van der Waals surface area contributed by atoms with Crippen molar-refractivity contribution in [2.24, 2.45) is 5.73 Å². The lowest BCUT2D eigenvalue weighted by Gasteiger charge is -2.12. The number of primary amides is 1. The van der Waals surface area contributed by atoms with Crippen LogP contribution in [-0.4, -0.2) is 21.1 Å². The Morgan fingerprint density at radius 2 is 2.21 bits per heavy atom. The van der Waals surface area contributed by atoms with E-state index in [1.165, 1.54) is 0 Å². The summed E-state index contributed by atoms with van der Waals surface area (Å²) in [7, 11) is 0. The van der Waals surface area contributed by atoms with Crippen molar-refractivity contribution in [3.8, 4) is 0 Å². The Labute approximate surface area is 143 Å². The van der Waals surface area contributed by atoms with E-state index in [0.29, 0.717) is 16.7 Å². The maximum atomic E-state index is 11.9. The van der Waals surface area contributed by atoms with Crippen molar-refractivity contribution in [1.82, 2.24) is 15.2 Å². The molecule has 8 heteroatoms. The van der Waals surface area contributed by atoms with Gasteiger partial charge in [0.15, 0.2) is 5.82 Å². The minimum Gasteiger partial charge on any atom is -0.367 e. The fraction of sp³-hybridized carbons (Fsp3) is 0.125. The SMILES string of the molecule is CC(Nc1n[nH]c(Nc2cccc(Cl)c2)c1C(N)=O)c1cc[nH]c1. The number of nitrogens with one attached hydrogen (secondary N) is 4. The fourth-order valence-corrected chi connectivity index (χ4v) is 2.57. The summed E-state index contributed by atoms with van der Waals surface area (Å²) in [6.45, 7) is 1.96. The number of hydrogen-bond acceptors (Lipinski definition) is 4. The van der Waals surface area contributed by atoms with E-state index in [1.807, 2.05) is 31.5 Å². The number of rotatable bonds is 6. The number of aromatic amines is 2. The summed E-state index contributed by atoms with van der Waals surface area (Å²) in [6, 6.07) is 9.03. The molecule has 0 radical (unpaired) electrons. The van der Waals surface area contributed by atoms with Crippen molar-refractivity contribution in [3.63, 3.8) is 0 Å². The van der Waals surface area contributed by atoms with Gasteiger partial charge in [0.2, 0.25) is 0 Å². The molecule has 24 heavy (non-hydrogen) atoms. The molecule has 2 heterocycles. The van der Waals surface area contributed by atoms with E-state index in [2.05, 4.69) is 25.8 Å². The highest BCUT2D eigenvalue weighted by Crippen LogP contribution is 2.28. The Morgan fingerprint density at radius 1 is 1.38 bits per heavy atom. The first-order chi connectivity index (χ1) is 11.5. The highest BCUT2D eigenvalue weighted by Gasteiger charge is 2.20. The van der Waals surface area contributed by atoms with E-state index >= 15 is 0 Å². The number of H-pyrrole nitrogens is 2. The Balaban J connectivity index is 1.86. The van der Waals surface area contributed by atoms with Crippen LogP contribution >= 0.6 is 11.6 Å². The van der Waals surface area contributed by atoms with E-state index in [9.17, 15) is 4.79 Å². The molecule has 0 aliphatic rings. The number of benzene rings is 1. The predicted octanol–water partition coefficient (Wildman–Crippen LogP) is 3.41. The molecule has 1 aromatic carbocycles. The summed E-state index contributed by atoms with van der Waals surface area (Å²) in [5.74, 6) is 0.214. The summed E-state index contributed by atoms with van der Waals surface area (Å²) < 4.78 is 0. The largest absolute Gasteiger partial charge is 0.367 e. The molecule has 2 aromatic heterocycles. The van der Waals surface area contributed by atoms with E-state index in [1.54, 1.807) is 18.2 Å². The van der Waals surface area contributed by atoms with Crippen molar-refractivity contribution in [3.05, 3.63) is 58.9 Å². The van der Waals surface area contributed by atoms with Crippen molar-refractivity contribution in [2.75, 3.05) is 10.6 Å². The Bertz CT molecular complexity index is 842. The van der Waals surface area contributed by atoms with Gasteiger partial charge in [-0.3, -0.25) is 9.89 Å². The molecule has 3 rings (SSSR count). The molecule has 0 saturated carbocycles. The highest BCUT2D eigenvalue weighted by molar-refractivity contribution is 6.30. The molecule has 0 aliphatic heterocycles. The predicted molar refractivity (Wildman–Crippen MR) is 94.7 cm³/mol. The van der Waals surface area contributed by atoms with Gasteiger partial charge in [0, 0.05) is 23.1 Å². The quantitative estimate of drug-likeness (QED) is 0.471. The van der Waals surface area contributed by atoms with Crippen LogP contribution in [0.15, 0.2) is 42.7 Å². The molecule has 0 saturated heterocycles. The van der Waals surface area contributed by atoms with Crippen molar-refractivity contribution >= 4 is 34.8 Å². The van der Waals surface area contributed by atoms with Crippen LogP contribution in [0, 0.1) is 0 Å². The lowest BCUT2D eigenvalue weighted by atomic mass is 10.1. The van der Waals surface area contributed by atoms with Crippen LogP contribution in [0.4, 0.5) is 17.3 Å². The third-order valence-electron chi connectivity index (χ3n) is 3.58. The number of carbonyl (C=O) groups is 1. The summed E-state index contributed by atoms with van der Waals surface area (Å²) in [4.78, 5) is 14.9. The second kappa shape index (κ2) is 6.67. The molecule has 6 N–H and O–H groups in total. The standard InChI is InChI=1S/C16H17ClN6O/c1-9(10-5-6-19-8-10)20-15-13(14(18)24)16(23-22-15)21-12-4-2-3-11(17)7-12/h2-9,19H,1H3,(H2,18,24)(H3,20,21,22,23). The van der Waals surface area contributed by atoms with Crippen molar-refractivity contribution in [1.29, 1.82) is 0 Å². The Kier molecular flexibility index (Phi) is 4.43. The summed E-state index contributed by atoms with van der Waals surface area (Å²) in [5, 5.41) is 13.8. The van der Waals surface area contributed by atoms with Crippen LogP contribution in [0.5, 0.6) is 0 Å². The van der Waals surface area contributed by atoms with Gasteiger partial charge in [-0.05, 0) is 36.8 Å². The molecule has 3 aromatic rings. The number of nitrogens with two attached hydrogens (primary N) is 1. The Hall–Kier alpha value is -2.93. The number of halogens is 1. The van der Waals surface area contributed by atoms with Gasteiger partial charge in [0.25, 0.3) is 5.91 Å². The van der Waals surface area contributed by atoms with Crippen LogP contribution < -0.4 is 16.4 Å². The molecule has 7 nitrogen and oxygen atoms in total. The maximum Gasteiger partial charge on any atom is 0.256 e. The number of carbonyl (C=O) groups excluding carboxylic acids is 1. The molecule has 0 bridgehead atoms. The van der Waals surface area contributed by atoms with Gasteiger partial charge in [-0.2, -0.15) is 5.10 Å². The number of anilines is 3. The molecule has 1 amide bonds. The third-order valence-corrected chi connectivity index (χ3v) is 3.82. The molecule has 1 unspecified atom stereocenters. The Morgan fingerprint density at radius 3 is 2.88 bits per heavy atom. The zero-order valence-corrected chi connectivity index (χ0v) is 13.7. The number of nitrogens with zero attached hydrogens (tertiary/aromatic N) is 1. The van der Waals surface area contributed by atoms with E-state index in [0.717, 1.165) is 11.3 Å². The second-order valence-electron chi connectivity index (χ2n) is 5.33. The van der Waals surface area contributed by atoms with Gasteiger partial charge in [-0.25, -0.2) is 0 Å². The first-order valence-electron chi connectivity index (χ1n) is 7.34. The fourth-order valence-electron chi connectivity index (χ4n) is 2.38. The average molecular weight is 345 g/mol. The lowest BCUT2D eigenvalue weighted by molar-refractivity contribution is 0.100.